The van der Waals surface area contributed by atoms with Gasteiger partial charge in [-0.2, -0.15) is 0 Å². The third-order valence-corrected chi connectivity index (χ3v) is 7.10. The molecule has 0 saturated carbocycles. The molecule has 2 heterocycles. The summed E-state index contributed by atoms with van der Waals surface area (Å²) in [5, 5.41) is 2.83. The molecule has 1 N–H and O–H groups in total. The van der Waals surface area contributed by atoms with E-state index in [1.54, 1.807) is 31.3 Å². The maximum Gasteiger partial charge on any atom is 0.324 e. The number of ether oxygens (including phenoxy) is 4. The Bertz CT molecular complexity index is 1160. The number of carbonyl (C=O) groups is 2. The molecular formula is C30H42N4O6. The maximum absolute atomic E-state index is 13.8. The quantitative estimate of drug-likeness (QED) is 0.367. The van der Waals surface area contributed by atoms with Gasteiger partial charge in [0, 0.05) is 49.7 Å². The van der Waals surface area contributed by atoms with Crippen LogP contribution in [0.15, 0.2) is 60.4 Å². The van der Waals surface area contributed by atoms with Crippen LogP contribution in [0, 0.1) is 0 Å². The van der Waals surface area contributed by atoms with Crippen molar-refractivity contribution in [2.24, 2.45) is 0 Å². The first kappa shape index (κ1) is 30.5. The first-order chi connectivity index (χ1) is 19.3. The molecule has 1 aromatic carbocycles. The van der Waals surface area contributed by atoms with Gasteiger partial charge in [-0.25, -0.2) is 9.59 Å². The van der Waals surface area contributed by atoms with Crippen molar-refractivity contribution in [3.05, 3.63) is 71.5 Å². The molecule has 10 heteroatoms. The number of nitrogens with zero attached hydrogens (tertiary/aromatic N) is 3. The lowest BCUT2D eigenvalue weighted by Crippen LogP contribution is -2.43. The number of rotatable bonds is 8. The SMILES string of the molecule is C=C(/C=C\C(=C\NC(=O)N1CCCC2=CCc3c(cc(OC)cc3OC)CN2C(=O)N(CC)CCC1)OC)OC. The van der Waals surface area contributed by atoms with E-state index in [-0.39, 0.29) is 12.1 Å². The number of hydrogen-bond acceptors (Lipinski definition) is 6. The molecule has 1 fully saturated rings. The summed E-state index contributed by atoms with van der Waals surface area (Å²) < 4.78 is 21.5. The number of fused-ring (bicyclic) bond motifs is 2. The molecule has 40 heavy (non-hydrogen) atoms. The Labute approximate surface area is 237 Å². The van der Waals surface area contributed by atoms with Crippen molar-refractivity contribution in [2.75, 3.05) is 54.6 Å². The van der Waals surface area contributed by atoms with E-state index in [0.29, 0.717) is 75.7 Å². The second-order valence-electron chi connectivity index (χ2n) is 9.46. The molecule has 0 spiro atoms. The number of carbonyl (C=O) groups excluding carboxylic acids is 2. The fourth-order valence-electron chi connectivity index (χ4n) is 4.80. The fraction of sp³-hybridized carbons (Fsp3) is 0.467. The van der Waals surface area contributed by atoms with Gasteiger partial charge in [0.1, 0.15) is 23.0 Å². The predicted octanol–water partition coefficient (Wildman–Crippen LogP) is 4.79. The van der Waals surface area contributed by atoms with Crippen molar-refractivity contribution < 1.29 is 28.5 Å². The van der Waals surface area contributed by atoms with Gasteiger partial charge in [-0.05, 0) is 56.4 Å². The number of urea groups is 2. The van der Waals surface area contributed by atoms with Crippen LogP contribution in [0.4, 0.5) is 9.59 Å². The lowest BCUT2D eigenvalue weighted by atomic mass is 10.0. The molecule has 2 aliphatic heterocycles. The molecule has 2 aliphatic rings. The van der Waals surface area contributed by atoms with Gasteiger partial charge in [-0.1, -0.05) is 12.7 Å². The molecule has 10 nitrogen and oxygen atoms in total. The Kier molecular flexibility index (Phi) is 11.4. The Hall–Kier alpha value is -4.08. The summed E-state index contributed by atoms with van der Waals surface area (Å²) in [4.78, 5) is 32.4. The number of allylic oxidation sites excluding steroid dienone is 4. The van der Waals surface area contributed by atoms with Crippen LogP contribution < -0.4 is 14.8 Å². The van der Waals surface area contributed by atoms with Gasteiger partial charge in [0.25, 0.3) is 0 Å². The van der Waals surface area contributed by atoms with Crippen molar-refractivity contribution in [2.45, 2.75) is 39.2 Å². The van der Waals surface area contributed by atoms with Crippen molar-refractivity contribution >= 4 is 12.1 Å². The fourth-order valence-corrected chi connectivity index (χ4v) is 4.80. The molecule has 4 amide bonds. The third kappa shape index (κ3) is 7.74. The molecule has 1 aromatic rings. The number of nitrogens with one attached hydrogen (secondary N) is 1. The van der Waals surface area contributed by atoms with Crippen LogP contribution in [0.5, 0.6) is 11.5 Å². The van der Waals surface area contributed by atoms with E-state index in [2.05, 4.69) is 18.0 Å². The maximum atomic E-state index is 13.8. The van der Waals surface area contributed by atoms with E-state index in [4.69, 9.17) is 18.9 Å². The van der Waals surface area contributed by atoms with Gasteiger partial charge in [-0.15, -0.1) is 0 Å². The average Bonchev–Trinajstić information content (AvgIpc) is 3.17. The van der Waals surface area contributed by atoms with Crippen LogP contribution in [0.2, 0.25) is 0 Å². The van der Waals surface area contributed by atoms with Gasteiger partial charge >= 0.3 is 12.1 Å². The van der Waals surface area contributed by atoms with E-state index in [9.17, 15) is 9.59 Å². The average molecular weight is 555 g/mol. The van der Waals surface area contributed by atoms with Gasteiger partial charge in [0.2, 0.25) is 0 Å². The highest BCUT2D eigenvalue weighted by Gasteiger charge is 2.28. The summed E-state index contributed by atoms with van der Waals surface area (Å²) in [6.07, 6.45) is 9.62. The van der Waals surface area contributed by atoms with Crippen molar-refractivity contribution in [1.82, 2.24) is 20.0 Å². The van der Waals surface area contributed by atoms with E-state index in [1.807, 2.05) is 28.9 Å². The van der Waals surface area contributed by atoms with Crippen LogP contribution in [0.25, 0.3) is 0 Å². The number of amides is 4. The zero-order chi connectivity index (χ0) is 29.1. The molecule has 0 radical (unpaired) electrons. The molecular weight excluding hydrogens is 512 g/mol. The molecule has 3 rings (SSSR count). The van der Waals surface area contributed by atoms with E-state index >= 15 is 0 Å². The Morgan fingerprint density at radius 1 is 1.05 bits per heavy atom. The smallest absolute Gasteiger partial charge is 0.324 e. The monoisotopic (exact) mass is 554 g/mol. The molecule has 0 bridgehead atoms. The number of methoxy groups -OCH3 is 4. The third-order valence-electron chi connectivity index (χ3n) is 7.10. The predicted molar refractivity (Wildman–Crippen MR) is 154 cm³/mol. The minimum atomic E-state index is -0.224. The summed E-state index contributed by atoms with van der Waals surface area (Å²) in [7, 11) is 6.33. The van der Waals surface area contributed by atoms with Crippen molar-refractivity contribution in [3.63, 3.8) is 0 Å². The molecule has 0 aliphatic carbocycles. The number of hydrogen-bond donors (Lipinski definition) is 1. The Morgan fingerprint density at radius 2 is 1.82 bits per heavy atom. The van der Waals surface area contributed by atoms with E-state index in [1.165, 1.54) is 20.4 Å². The van der Waals surface area contributed by atoms with Crippen molar-refractivity contribution in [3.8, 4) is 11.5 Å². The standard InChI is InChI=1S/C30H42N4O6/c1-7-32-16-9-17-33(29(35)31-20-25(38-4)13-11-22(2)37-3)15-8-10-24-12-14-27-23(21-34(24)30(32)36)18-26(39-5)19-28(27)40-6/h11-13,18-20H,2,7-10,14-17,21H2,1,3-6H3,(H,31,35)/b13-11-,25-20-. The summed E-state index contributed by atoms with van der Waals surface area (Å²) in [5.41, 5.74) is 3.01. The second-order valence-corrected chi connectivity index (χ2v) is 9.46. The first-order valence-electron chi connectivity index (χ1n) is 13.5. The van der Waals surface area contributed by atoms with E-state index in [0.717, 1.165) is 22.6 Å². The molecule has 0 unspecified atom stereocenters. The van der Waals surface area contributed by atoms with Gasteiger partial charge in [-0.3, -0.25) is 4.90 Å². The topological polar surface area (TPSA) is 92.8 Å². The zero-order valence-corrected chi connectivity index (χ0v) is 24.3. The molecule has 0 atom stereocenters. The molecule has 218 valence electrons. The summed E-state index contributed by atoms with van der Waals surface area (Å²) in [6.45, 7) is 8.34. The van der Waals surface area contributed by atoms with Crippen LogP contribution in [-0.2, 0) is 22.4 Å². The number of benzene rings is 1. The highest BCUT2D eigenvalue weighted by atomic mass is 16.5. The van der Waals surface area contributed by atoms with Crippen LogP contribution in [-0.4, -0.2) is 81.4 Å². The highest BCUT2D eigenvalue weighted by Crippen LogP contribution is 2.34. The van der Waals surface area contributed by atoms with Gasteiger partial charge in [0.15, 0.2) is 0 Å². The van der Waals surface area contributed by atoms with E-state index < -0.39 is 0 Å². The molecule has 1 saturated heterocycles. The zero-order valence-electron chi connectivity index (χ0n) is 24.3. The van der Waals surface area contributed by atoms with Crippen LogP contribution in [0.3, 0.4) is 0 Å². The lowest BCUT2D eigenvalue weighted by Gasteiger charge is -2.31. The Balaban J connectivity index is 1.81. The minimum absolute atomic E-state index is 0.0293. The summed E-state index contributed by atoms with van der Waals surface area (Å²) in [5.74, 6) is 2.38. The lowest BCUT2D eigenvalue weighted by molar-refractivity contribution is 0.163. The van der Waals surface area contributed by atoms with Gasteiger partial charge in [0.05, 0.1) is 35.0 Å². The Morgan fingerprint density at radius 3 is 2.50 bits per heavy atom. The van der Waals surface area contributed by atoms with Gasteiger partial charge < -0.3 is 34.1 Å². The van der Waals surface area contributed by atoms with Crippen LogP contribution in [0.1, 0.15) is 37.3 Å². The minimum Gasteiger partial charge on any atom is -0.497 e. The second kappa shape index (κ2) is 14.9. The molecule has 0 aromatic heterocycles. The van der Waals surface area contributed by atoms with Crippen molar-refractivity contribution in [1.29, 1.82) is 0 Å². The summed E-state index contributed by atoms with van der Waals surface area (Å²) >= 11 is 0. The first-order valence-corrected chi connectivity index (χ1v) is 13.5. The highest BCUT2D eigenvalue weighted by molar-refractivity contribution is 5.77. The summed E-state index contributed by atoms with van der Waals surface area (Å²) in [6, 6.07) is 3.61. The van der Waals surface area contributed by atoms with Crippen LogP contribution >= 0.6 is 0 Å². The largest absolute Gasteiger partial charge is 0.497 e. The normalized spacial score (nSPS) is 16.7.